The fraction of sp³-hybridized carbons (Fsp3) is 0.0909. The van der Waals surface area contributed by atoms with E-state index in [2.05, 4.69) is 5.16 Å². The van der Waals surface area contributed by atoms with Gasteiger partial charge in [-0.25, -0.2) is 0 Å². The van der Waals surface area contributed by atoms with Crippen molar-refractivity contribution in [3.63, 3.8) is 0 Å². The topological polar surface area (TPSA) is 66.9 Å². The lowest BCUT2D eigenvalue weighted by molar-refractivity contribution is 0.0991. The zero-order valence-corrected chi connectivity index (χ0v) is 9.21. The lowest BCUT2D eigenvalue weighted by atomic mass is 10.1. The number of aromatic nitrogens is 1. The predicted octanol–water partition coefficient (Wildman–Crippen LogP) is 2.73. The van der Waals surface area contributed by atoms with E-state index < -0.39 is 5.91 Å². The quantitative estimate of drug-likeness (QED) is 0.804. The molecule has 0 saturated carbocycles. The Morgan fingerprint density at radius 3 is 2.75 bits per heavy atom. The van der Waals surface area contributed by atoms with Crippen molar-refractivity contribution in [3.8, 4) is 11.3 Å². The zero-order valence-electron chi connectivity index (χ0n) is 8.45. The minimum atomic E-state index is -0.825. The molecule has 0 spiro atoms. The molecule has 1 aromatic carbocycles. The molecule has 5 heteroatoms. The maximum absolute atomic E-state index is 11.2. The molecule has 4 nitrogen and oxygen atoms in total. The monoisotopic (exact) mass is 235 g/mol. The first-order chi connectivity index (χ1) is 7.61. The van der Waals surface area contributed by atoms with Crippen LogP contribution in [0.3, 0.4) is 0 Å². The van der Waals surface area contributed by atoms with E-state index in [0.717, 1.165) is 0 Å². The number of halogens is 1. The first kappa shape index (κ1) is 10.7. The van der Waals surface area contributed by atoms with Gasteiger partial charge < -0.3 is 4.52 Å². The summed E-state index contributed by atoms with van der Waals surface area (Å²) in [6.45, 7) is 1.59. The normalized spacial score (nSPS) is 10.4. The average Bonchev–Trinajstić information content (AvgIpc) is 2.61. The molecular formula is C11H8ClN2O2. The number of carbonyl (C=O) groups is 1. The van der Waals surface area contributed by atoms with Crippen molar-refractivity contribution in [1.29, 1.82) is 0 Å². The average molecular weight is 236 g/mol. The van der Waals surface area contributed by atoms with E-state index in [9.17, 15) is 4.79 Å². The standard InChI is InChI=1S/C11H8ClN2O2/c1-6-9(11(13)15)10(14-16-6)7-4-2-3-5-8(7)12/h2-5,13H,1H3. The minimum Gasteiger partial charge on any atom is -0.360 e. The third-order valence-corrected chi connectivity index (χ3v) is 2.55. The highest BCUT2D eigenvalue weighted by Gasteiger charge is 2.21. The summed E-state index contributed by atoms with van der Waals surface area (Å²) in [6, 6.07) is 6.98. The Hall–Kier alpha value is -1.81. The Labute approximate surface area is 97.0 Å². The SMILES string of the molecule is Cc1onc(-c2ccccc2Cl)c1C([NH])=O. The van der Waals surface area contributed by atoms with Crippen LogP contribution in [0.25, 0.3) is 11.3 Å². The summed E-state index contributed by atoms with van der Waals surface area (Å²) in [5.41, 5.74) is 8.23. The summed E-state index contributed by atoms with van der Waals surface area (Å²) in [5.74, 6) is -0.497. The van der Waals surface area contributed by atoms with Gasteiger partial charge in [0.2, 0.25) is 0 Å². The third-order valence-electron chi connectivity index (χ3n) is 2.22. The van der Waals surface area contributed by atoms with Crippen LogP contribution in [0.1, 0.15) is 16.1 Å². The van der Waals surface area contributed by atoms with Crippen LogP contribution in [0.2, 0.25) is 5.02 Å². The lowest BCUT2D eigenvalue weighted by Gasteiger charge is -2.00. The molecule has 0 atom stereocenters. The van der Waals surface area contributed by atoms with Crippen LogP contribution < -0.4 is 5.73 Å². The van der Waals surface area contributed by atoms with E-state index in [4.69, 9.17) is 21.9 Å². The second kappa shape index (κ2) is 3.98. The number of carbonyl (C=O) groups excluding carboxylic acids is 1. The van der Waals surface area contributed by atoms with Crippen LogP contribution in [0.5, 0.6) is 0 Å². The fourth-order valence-corrected chi connectivity index (χ4v) is 1.70. The molecule has 1 aromatic heterocycles. The highest BCUT2D eigenvalue weighted by Crippen LogP contribution is 2.30. The van der Waals surface area contributed by atoms with Gasteiger partial charge in [-0.3, -0.25) is 10.5 Å². The van der Waals surface area contributed by atoms with E-state index in [1.807, 2.05) is 0 Å². The van der Waals surface area contributed by atoms with Crippen molar-refractivity contribution in [2.24, 2.45) is 0 Å². The van der Waals surface area contributed by atoms with Crippen molar-refractivity contribution in [3.05, 3.63) is 40.6 Å². The molecule has 0 unspecified atom stereocenters. The van der Waals surface area contributed by atoms with E-state index in [0.29, 0.717) is 22.0 Å². The molecule has 2 rings (SSSR count). The van der Waals surface area contributed by atoms with Crippen LogP contribution in [0.15, 0.2) is 28.8 Å². The molecule has 81 valence electrons. The Morgan fingerprint density at radius 1 is 1.44 bits per heavy atom. The number of benzene rings is 1. The molecule has 16 heavy (non-hydrogen) atoms. The second-order valence-electron chi connectivity index (χ2n) is 3.27. The molecule has 0 bridgehead atoms. The van der Waals surface area contributed by atoms with Crippen LogP contribution in [0, 0.1) is 6.92 Å². The van der Waals surface area contributed by atoms with Crippen molar-refractivity contribution in [2.45, 2.75) is 6.92 Å². The zero-order chi connectivity index (χ0) is 11.7. The van der Waals surface area contributed by atoms with Crippen molar-refractivity contribution < 1.29 is 9.32 Å². The summed E-state index contributed by atoms with van der Waals surface area (Å²) in [4.78, 5) is 11.2. The van der Waals surface area contributed by atoms with Crippen LogP contribution in [-0.4, -0.2) is 11.1 Å². The molecule has 1 radical (unpaired) electrons. The van der Waals surface area contributed by atoms with Crippen molar-refractivity contribution in [1.82, 2.24) is 10.9 Å². The van der Waals surface area contributed by atoms with Crippen molar-refractivity contribution >= 4 is 17.5 Å². The molecular weight excluding hydrogens is 228 g/mol. The van der Waals surface area contributed by atoms with Crippen LogP contribution in [0.4, 0.5) is 0 Å². The maximum Gasteiger partial charge on any atom is 0.275 e. The van der Waals surface area contributed by atoms with E-state index >= 15 is 0 Å². The number of nitrogens with one attached hydrogen (secondary N) is 1. The number of rotatable bonds is 2. The third kappa shape index (κ3) is 1.67. The van der Waals surface area contributed by atoms with Crippen LogP contribution >= 0.6 is 11.6 Å². The van der Waals surface area contributed by atoms with Gasteiger partial charge in [0.05, 0.1) is 5.02 Å². The van der Waals surface area contributed by atoms with Gasteiger partial charge in [0.1, 0.15) is 17.0 Å². The van der Waals surface area contributed by atoms with Gasteiger partial charge in [-0.05, 0) is 13.0 Å². The molecule has 0 fully saturated rings. The first-order valence-corrected chi connectivity index (χ1v) is 4.96. The molecule has 1 heterocycles. The predicted molar refractivity (Wildman–Crippen MR) is 59.1 cm³/mol. The lowest BCUT2D eigenvalue weighted by Crippen LogP contribution is -2.01. The van der Waals surface area contributed by atoms with Gasteiger partial charge in [0.15, 0.2) is 0 Å². The first-order valence-electron chi connectivity index (χ1n) is 4.58. The Kier molecular flexibility index (Phi) is 2.66. The summed E-state index contributed by atoms with van der Waals surface area (Å²) in [5, 5.41) is 4.24. The molecule has 1 N–H and O–H groups in total. The van der Waals surface area contributed by atoms with E-state index in [1.165, 1.54) is 0 Å². The molecule has 2 aromatic rings. The number of nitrogens with zero attached hydrogens (tertiary/aromatic N) is 1. The number of aryl methyl sites for hydroxylation is 1. The van der Waals surface area contributed by atoms with Gasteiger partial charge in [-0.15, -0.1) is 0 Å². The summed E-state index contributed by atoms with van der Waals surface area (Å²) in [6.07, 6.45) is 0. The van der Waals surface area contributed by atoms with Gasteiger partial charge >= 0.3 is 0 Å². The Bertz CT molecular complexity index is 549. The molecule has 0 aliphatic rings. The minimum absolute atomic E-state index is 0.160. The highest BCUT2D eigenvalue weighted by molar-refractivity contribution is 6.33. The Balaban J connectivity index is 2.66. The smallest absolute Gasteiger partial charge is 0.275 e. The van der Waals surface area contributed by atoms with Gasteiger partial charge in [0.25, 0.3) is 5.91 Å². The summed E-state index contributed by atoms with van der Waals surface area (Å²) >= 11 is 5.99. The maximum atomic E-state index is 11.2. The molecule has 0 saturated heterocycles. The van der Waals surface area contributed by atoms with Gasteiger partial charge in [-0.1, -0.05) is 35.0 Å². The highest BCUT2D eigenvalue weighted by atomic mass is 35.5. The van der Waals surface area contributed by atoms with Crippen molar-refractivity contribution in [2.75, 3.05) is 0 Å². The molecule has 0 aliphatic carbocycles. The summed E-state index contributed by atoms with van der Waals surface area (Å²) in [7, 11) is 0. The van der Waals surface area contributed by atoms with E-state index in [1.54, 1.807) is 31.2 Å². The van der Waals surface area contributed by atoms with Crippen LogP contribution in [-0.2, 0) is 0 Å². The number of hydrogen-bond acceptors (Lipinski definition) is 3. The van der Waals surface area contributed by atoms with E-state index in [-0.39, 0.29) is 5.56 Å². The number of hydrogen-bond donors (Lipinski definition) is 0. The largest absolute Gasteiger partial charge is 0.360 e. The molecule has 0 aliphatic heterocycles. The Morgan fingerprint density at radius 2 is 2.12 bits per heavy atom. The van der Waals surface area contributed by atoms with Gasteiger partial charge in [0, 0.05) is 5.56 Å². The number of amides is 1. The molecule has 1 amide bonds. The second-order valence-corrected chi connectivity index (χ2v) is 3.68. The fourth-order valence-electron chi connectivity index (χ4n) is 1.48. The summed E-state index contributed by atoms with van der Waals surface area (Å²) < 4.78 is 4.92. The van der Waals surface area contributed by atoms with Gasteiger partial charge in [-0.2, -0.15) is 0 Å².